The van der Waals surface area contributed by atoms with E-state index in [0.29, 0.717) is 22.1 Å². The van der Waals surface area contributed by atoms with Crippen molar-refractivity contribution in [3.63, 3.8) is 0 Å². The minimum Gasteiger partial charge on any atom is -0.373 e. The number of hydrogen-bond donors (Lipinski definition) is 2. The standard InChI is InChI=1S/C18H16N4O4S/c1-22-6-5-18(25,17(22)24)14-8-12(21-26-14)10-3-2-4-11(7-10)16-20-9-13(27-16)15(19)23/h2-4,7-9,25H,5-6H2,1H3,(H2,19,23). The van der Waals surface area contributed by atoms with Gasteiger partial charge in [-0.2, -0.15) is 0 Å². The number of carbonyl (C=O) groups is 2. The van der Waals surface area contributed by atoms with Crippen molar-refractivity contribution in [2.24, 2.45) is 5.73 Å². The molecule has 3 heterocycles. The van der Waals surface area contributed by atoms with Crippen LogP contribution < -0.4 is 5.73 Å². The molecule has 27 heavy (non-hydrogen) atoms. The number of hydrogen-bond acceptors (Lipinski definition) is 7. The Morgan fingerprint density at radius 2 is 2.15 bits per heavy atom. The molecule has 3 N–H and O–H groups in total. The molecule has 9 heteroatoms. The van der Waals surface area contributed by atoms with Gasteiger partial charge in [-0.15, -0.1) is 11.3 Å². The molecule has 1 fully saturated rings. The number of likely N-dealkylation sites (tertiary alicyclic amines) is 1. The summed E-state index contributed by atoms with van der Waals surface area (Å²) < 4.78 is 5.28. The molecular formula is C18H16N4O4S. The molecule has 0 radical (unpaired) electrons. The lowest BCUT2D eigenvalue weighted by Crippen LogP contribution is -2.35. The van der Waals surface area contributed by atoms with Gasteiger partial charge in [-0.3, -0.25) is 9.59 Å². The molecule has 138 valence electrons. The summed E-state index contributed by atoms with van der Waals surface area (Å²) in [7, 11) is 1.63. The van der Waals surface area contributed by atoms with Crippen molar-refractivity contribution >= 4 is 23.2 Å². The van der Waals surface area contributed by atoms with E-state index in [9.17, 15) is 14.7 Å². The largest absolute Gasteiger partial charge is 0.373 e. The highest BCUT2D eigenvalue weighted by molar-refractivity contribution is 7.16. The van der Waals surface area contributed by atoms with Gasteiger partial charge in [0, 0.05) is 37.2 Å². The molecule has 1 atom stereocenters. The third kappa shape index (κ3) is 2.90. The normalized spacial score (nSPS) is 19.6. The molecule has 0 aliphatic carbocycles. The summed E-state index contributed by atoms with van der Waals surface area (Å²) >= 11 is 1.20. The van der Waals surface area contributed by atoms with E-state index in [1.807, 2.05) is 24.3 Å². The van der Waals surface area contributed by atoms with Crippen LogP contribution in [0.3, 0.4) is 0 Å². The molecule has 2 amide bonds. The number of amides is 2. The van der Waals surface area contributed by atoms with Gasteiger partial charge in [-0.05, 0) is 6.07 Å². The van der Waals surface area contributed by atoms with E-state index in [2.05, 4.69) is 10.1 Å². The molecule has 8 nitrogen and oxygen atoms in total. The van der Waals surface area contributed by atoms with Crippen molar-refractivity contribution in [1.29, 1.82) is 0 Å². The van der Waals surface area contributed by atoms with Crippen molar-refractivity contribution in [3.05, 3.63) is 47.2 Å². The summed E-state index contributed by atoms with van der Waals surface area (Å²) in [6.07, 6.45) is 1.70. The molecule has 0 spiro atoms. The van der Waals surface area contributed by atoms with Gasteiger partial charge in [0.2, 0.25) is 5.60 Å². The van der Waals surface area contributed by atoms with Crippen molar-refractivity contribution in [2.45, 2.75) is 12.0 Å². The van der Waals surface area contributed by atoms with Crippen LogP contribution in [0.2, 0.25) is 0 Å². The summed E-state index contributed by atoms with van der Waals surface area (Å²) in [6.45, 7) is 0.451. The smallest absolute Gasteiger partial charge is 0.262 e. The minimum atomic E-state index is -1.68. The Morgan fingerprint density at radius 3 is 2.81 bits per heavy atom. The molecular weight excluding hydrogens is 368 g/mol. The number of primary amides is 1. The molecule has 2 aromatic heterocycles. The van der Waals surface area contributed by atoms with Crippen molar-refractivity contribution in [2.75, 3.05) is 13.6 Å². The topological polar surface area (TPSA) is 123 Å². The highest BCUT2D eigenvalue weighted by Gasteiger charge is 2.48. The summed E-state index contributed by atoms with van der Waals surface area (Å²) in [4.78, 5) is 29.5. The van der Waals surface area contributed by atoms with Gasteiger partial charge in [0.1, 0.15) is 15.6 Å². The van der Waals surface area contributed by atoms with Crippen LogP contribution in [0.4, 0.5) is 0 Å². The van der Waals surface area contributed by atoms with Crippen LogP contribution in [0.25, 0.3) is 21.8 Å². The summed E-state index contributed by atoms with van der Waals surface area (Å²) in [5, 5.41) is 15.3. The number of aliphatic hydroxyl groups is 1. The van der Waals surface area contributed by atoms with Gasteiger partial charge in [0.05, 0.1) is 6.20 Å². The highest BCUT2D eigenvalue weighted by atomic mass is 32.1. The number of nitrogens with two attached hydrogens (primary N) is 1. The van der Waals surface area contributed by atoms with Crippen LogP contribution in [0.15, 0.2) is 41.1 Å². The molecule has 1 aliphatic heterocycles. The summed E-state index contributed by atoms with van der Waals surface area (Å²) in [5.41, 5.74) is 5.63. The molecule has 1 saturated heterocycles. The fraction of sp³-hybridized carbons (Fsp3) is 0.222. The second-order valence-electron chi connectivity index (χ2n) is 6.39. The Bertz CT molecular complexity index is 1040. The molecule has 3 aromatic rings. The molecule has 4 rings (SSSR count). The predicted octanol–water partition coefficient (Wildman–Crippen LogP) is 1.61. The number of benzene rings is 1. The first-order valence-corrected chi connectivity index (χ1v) is 9.02. The lowest BCUT2D eigenvalue weighted by Gasteiger charge is -2.16. The van der Waals surface area contributed by atoms with E-state index in [-0.39, 0.29) is 12.2 Å². The van der Waals surface area contributed by atoms with Gasteiger partial charge in [0.25, 0.3) is 11.8 Å². The first-order chi connectivity index (χ1) is 12.9. The molecule has 0 saturated carbocycles. The molecule has 1 aliphatic rings. The number of likely N-dealkylation sites (N-methyl/N-ethyl adjacent to an activating group) is 1. The number of thiazole rings is 1. The van der Waals surface area contributed by atoms with Gasteiger partial charge in [0.15, 0.2) is 5.76 Å². The Morgan fingerprint density at radius 1 is 1.37 bits per heavy atom. The number of nitrogens with zero attached hydrogens (tertiary/aromatic N) is 3. The van der Waals surface area contributed by atoms with Crippen molar-refractivity contribution in [1.82, 2.24) is 15.0 Å². The second-order valence-corrected chi connectivity index (χ2v) is 7.42. The first-order valence-electron chi connectivity index (χ1n) is 8.20. The van der Waals surface area contributed by atoms with Gasteiger partial charge < -0.3 is 20.3 Å². The second kappa shape index (κ2) is 6.29. The fourth-order valence-electron chi connectivity index (χ4n) is 3.02. The third-order valence-corrected chi connectivity index (χ3v) is 5.64. The van der Waals surface area contributed by atoms with Crippen LogP contribution in [-0.2, 0) is 10.4 Å². The third-order valence-electron chi connectivity index (χ3n) is 4.58. The highest BCUT2D eigenvalue weighted by Crippen LogP contribution is 2.35. The maximum absolute atomic E-state index is 12.2. The van der Waals surface area contributed by atoms with E-state index in [1.165, 1.54) is 22.4 Å². The Labute approximate surface area is 158 Å². The number of aromatic nitrogens is 2. The first kappa shape index (κ1) is 17.4. The van der Waals surface area contributed by atoms with E-state index < -0.39 is 17.4 Å². The molecule has 1 aromatic carbocycles. The van der Waals surface area contributed by atoms with E-state index >= 15 is 0 Å². The van der Waals surface area contributed by atoms with Crippen LogP contribution in [0, 0.1) is 0 Å². The van der Waals surface area contributed by atoms with Crippen molar-refractivity contribution < 1.29 is 19.2 Å². The minimum absolute atomic E-state index is 0.127. The summed E-state index contributed by atoms with van der Waals surface area (Å²) in [6, 6.07) is 8.94. The van der Waals surface area contributed by atoms with E-state index in [0.717, 1.165) is 11.1 Å². The SMILES string of the molecule is CN1CCC(O)(c2cc(-c3cccc(-c4ncc(C(N)=O)s4)c3)no2)C1=O. The van der Waals surface area contributed by atoms with Crippen molar-refractivity contribution in [3.8, 4) is 21.8 Å². The van der Waals surface area contributed by atoms with Gasteiger partial charge in [-0.1, -0.05) is 23.4 Å². The van der Waals surface area contributed by atoms with Gasteiger partial charge >= 0.3 is 0 Å². The summed E-state index contributed by atoms with van der Waals surface area (Å²) in [5.74, 6) is -0.793. The quantitative estimate of drug-likeness (QED) is 0.705. The fourth-order valence-corrected chi connectivity index (χ4v) is 3.79. The van der Waals surface area contributed by atoms with Gasteiger partial charge in [-0.25, -0.2) is 4.98 Å². The molecule has 1 unspecified atom stereocenters. The number of rotatable bonds is 4. The lowest BCUT2D eigenvalue weighted by molar-refractivity contribution is -0.144. The maximum atomic E-state index is 12.2. The van der Waals surface area contributed by atoms with E-state index in [1.54, 1.807) is 13.1 Å². The monoisotopic (exact) mass is 384 g/mol. The van der Waals surface area contributed by atoms with E-state index in [4.69, 9.17) is 10.3 Å². The zero-order valence-corrected chi connectivity index (χ0v) is 15.2. The van der Waals surface area contributed by atoms with Crippen LogP contribution in [-0.4, -0.2) is 45.6 Å². The average Bonchev–Trinajstić information content (AvgIpc) is 3.39. The maximum Gasteiger partial charge on any atom is 0.262 e. The lowest BCUT2D eigenvalue weighted by atomic mass is 9.98. The number of carbonyl (C=O) groups excluding carboxylic acids is 2. The molecule has 0 bridgehead atoms. The zero-order valence-electron chi connectivity index (χ0n) is 14.4. The Balaban J connectivity index is 1.66. The Kier molecular flexibility index (Phi) is 4.05. The van der Waals surface area contributed by atoms with Crippen LogP contribution in [0.5, 0.6) is 0 Å². The average molecular weight is 384 g/mol. The Hall–Kier alpha value is -3.04. The predicted molar refractivity (Wildman–Crippen MR) is 97.7 cm³/mol. The van der Waals surface area contributed by atoms with Crippen LogP contribution >= 0.6 is 11.3 Å². The zero-order chi connectivity index (χ0) is 19.2. The van der Waals surface area contributed by atoms with Crippen LogP contribution in [0.1, 0.15) is 21.9 Å².